The molecule has 1 aromatic carbocycles. The van der Waals surface area contributed by atoms with Crippen molar-refractivity contribution in [2.45, 2.75) is 38.8 Å². The van der Waals surface area contributed by atoms with E-state index in [1.54, 1.807) is 25.7 Å². The van der Waals surface area contributed by atoms with E-state index in [1.165, 1.54) is 11.0 Å². The minimum atomic E-state index is -1.04. The Labute approximate surface area is 170 Å². The summed E-state index contributed by atoms with van der Waals surface area (Å²) < 4.78 is 33.0. The Morgan fingerprint density at radius 1 is 1.37 bits per heavy atom. The molecule has 1 fully saturated rings. The number of aromatic amines is 1. The Morgan fingerprint density at radius 3 is 2.70 bits per heavy atom. The van der Waals surface area contributed by atoms with Gasteiger partial charge in [-0.15, -0.1) is 0 Å². The van der Waals surface area contributed by atoms with E-state index in [4.69, 9.17) is 4.74 Å². The summed E-state index contributed by atoms with van der Waals surface area (Å²) in [5, 5.41) is 9.22. The fraction of sp³-hybridized carbons (Fsp3) is 0.526. The molecule has 1 aliphatic rings. The third kappa shape index (κ3) is 4.24. The van der Waals surface area contributed by atoms with Crippen molar-refractivity contribution >= 4 is 22.7 Å². The molecule has 1 atom stereocenters. The van der Waals surface area contributed by atoms with E-state index in [0.29, 0.717) is 13.0 Å². The van der Waals surface area contributed by atoms with Crippen molar-refractivity contribution in [1.29, 1.82) is 0 Å². The number of rotatable bonds is 4. The Bertz CT molecular complexity index is 1080. The summed E-state index contributed by atoms with van der Waals surface area (Å²) in [6, 6.07) is 1.86. The molecule has 0 bridgehead atoms. The molecule has 9 nitrogen and oxygen atoms in total. The van der Waals surface area contributed by atoms with Crippen LogP contribution in [0, 0.1) is 5.82 Å². The van der Waals surface area contributed by atoms with Crippen molar-refractivity contribution < 1.29 is 23.5 Å². The van der Waals surface area contributed by atoms with Crippen LogP contribution in [0.25, 0.3) is 10.9 Å². The highest BCUT2D eigenvalue weighted by molar-refractivity contribution is 5.82. The fourth-order valence-corrected chi connectivity index (χ4v) is 3.51. The van der Waals surface area contributed by atoms with Gasteiger partial charge >= 0.3 is 11.8 Å². The van der Waals surface area contributed by atoms with Gasteiger partial charge in [-0.3, -0.25) is 4.79 Å². The summed E-state index contributed by atoms with van der Waals surface area (Å²) in [5.74, 6) is -0.721. The number of fused-ring (bicyclic) bond motifs is 1. The van der Waals surface area contributed by atoms with Gasteiger partial charge in [-0.1, -0.05) is 4.73 Å². The number of hydrogen-bond acceptors (Lipinski definition) is 6. The van der Waals surface area contributed by atoms with Gasteiger partial charge in [0, 0.05) is 13.1 Å². The van der Waals surface area contributed by atoms with E-state index < -0.39 is 41.5 Å². The van der Waals surface area contributed by atoms with Crippen molar-refractivity contribution in [3.8, 4) is 0 Å². The van der Waals surface area contributed by atoms with Gasteiger partial charge in [-0.2, -0.15) is 0 Å². The zero-order valence-corrected chi connectivity index (χ0v) is 16.9. The van der Waals surface area contributed by atoms with Gasteiger partial charge in [0.2, 0.25) is 0 Å². The summed E-state index contributed by atoms with van der Waals surface area (Å²) in [7, 11) is 0. The molecule has 30 heavy (non-hydrogen) atoms. The number of anilines is 1. The number of carbonyl (C=O) groups is 1. The molecule has 1 amide bonds. The molecular formula is C19H24F2N4O5. The Balaban J connectivity index is 1.88. The quantitative estimate of drug-likeness (QED) is 0.723. The first-order valence-electron chi connectivity index (χ1n) is 9.50. The second kappa shape index (κ2) is 7.96. The Hall–Kier alpha value is -3.11. The minimum absolute atomic E-state index is 0.0721. The Kier molecular flexibility index (Phi) is 5.73. The first kappa shape index (κ1) is 21.6. The van der Waals surface area contributed by atoms with Crippen molar-refractivity contribution in [2.24, 2.45) is 0 Å². The second-order valence-corrected chi connectivity index (χ2v) is 8.15. The molecule has 0 saturated carbocycles. The third-order valence-electron chi connectivity index (χ3n) is 4.84. The van der Waals surface area contributed by atoms with E-state index in [0.717, 1.165) is 6.07 Å². The number of carbonyl (C=O) groups excluding carboxylic acids is 1. The van der Waals surface area contributed by atoms with Crippen molar-refractivity contribution in [1.82, 2.24) is 14.6 Å². The molecule has 0 radical (unpaired) electrons. The van der Waals surface area contributed by atoms with Crippen molar-refractivity contribution in [2.75, 3.05) is 31.2 Å². The zero-order valence-electron chi connectivity index (χ0n) is 16.9. The van der Waals surface area contributed by atoms with E-state index in [1.807, 2.05) is 0 Å². The maximum atomic E-state index is 14.7. The van der Waals surface area contributed by atoms with Crippen molar-refractivity contribution in [3.05, 3.63) is 38.8 Å². The standard InChI is InChI=1S/C19H24F2N4O5/c1-19(2,3)30-18(28)24(7-5-20)11-4-6-23(10-11)15-9-14-12(8-13(15)21)16(26)25(29)17(27)22-14/h8-9,11,29H,4-7,10H2,1-3H3,(H,22,27). The molecule has 1 unspecified atom stereocenters. The van der Waals surface area contributed by atoms with Gasteiger partial charge < -0.3 is 24.7 Å². The lowest BCUT2D eigenvalue weighted by Crippen LogP contribution is -2.45. The highest BCUT2D eigenvalue weighted by Crippen LogP contribution is 2.28. The molecule has 1 aromatic heterocycles. The molecule has 0 aliphatic carbocycles. The smallest absolute Gasteiger partial charge is 0.410 e. The topological polar surface area (TPSA) is 108 Å². The van der Waals surface area contributed by atoms with Gasteiger partial charge in [0.1, 0.15) is 18.1 Å². The molecule has 2 N–H and O–H groups in total. The summed E-state index contributed by atoms with van der Waals surface area (Å²) in [5.41, 5.74) is -2.61. The van der Waals surface area contributed by atoms with E-state index >= 15 is 0 Å². The lowest BCUT2D eigenvalue weighted by Gasteiger charge is -2.31. The van der Waals surface area contributed by atoms with Gasteiger partial charge in [0.15, 0.2) is 0 Å². The van der Waals surface area contributed by atoms with Crippen LogP contribution in [0.3, 0.4) is 0 Å². The SMILES string of the molecule is CC(C)(C)OC(=O)N(CCF)C1CCN(c2cc3[nH]c(=O)n(O)c(=O)c3cc2F)C1. The molecule has 3 rings (SSSR count). The number of nitrogens with zero attached hydrogens (tertiary/aromatic N) is 3. The average molecular weight is 426 g/mol. The molecular weight excluding hydrogens is 402 g/mol. The molecule has 0 spiro atoms. The number of ether oxygens (including phenoxy) is 1. The predicted molar refractivity (Wildman–Crippen MR) is 106 cm³/mol. The van der Waals surface area contributed by atoms with Crippen LogP contribution in [0.5, 0.6) is 0 Å². The number of aromatic nitrogens is 2. The normalized spacial score (nSPS) is 16.8. The van der Waals surface area contributed by atoms with Crippen LogP contribution in [0.4, 0.5) is 19.3 Å². The van der Waals surface area contributed by atoms with Gasteiger partial charge in [-0.05, 0) is 39.3 Å². The molecule has 1 aliphatic heterocycles. The van der Waals surface area contributed by atoms with Crippen LogP contribution in [0.1, 0.15) is 27.2 Å². The molecule has 1 saturated heterocycles. The Morgan fingerprint density at radius 2 is 2.07 bits per heavy atom. The van der Waals surface area contributed by atoms with Crippen LogP contribution in [0.15, 0.2) is 21.7 Å². The number of H-pyrrole nitrogens is 1. The van der Waals surface area contributed by atoms with E-state index in [-0.39, 0.29) is 34.4 Å². The maximum absolute atomic E-state index is 14.7. The fourth-order valence-electron chi connectivity index (χ4n) is 3.51. The maximum Gasteiger partial charge on any atom is 0.410 e. The van der Waals surface area contributed by atoms with Crippen LogP contribution in [-0.2, 0) is 4.74 Å². The molecule has 11 heteroatoms. The number of amides is 1. The highest BCUT2D eigenvalue weighted by atomic mass is 19.1. The number of halogens is 2. The van der Waals surface area contributed by atoms with Crippen LogP contribution >= 0.6 is 0 Å². The number of benzene rings is 1. The largest absolute Gasteiger partial charge is 0.444 e. The molecule has 2 heterocycles. The summed E-state index contributed by atoms with van der Waals surface area (Å²) in [6.45, 7) is 4.86. The summed E-state index contributed by atoms with van der Waals surface area (Å²) in [4.78, 5) is 41.3. The van der Waals surface area contributed by atoms with Crippen LogP contribution < -0.4 is 16.1 Å². The first-order valence-corrected chi connectivity index (χ1v) is 9.50. The number of hydrogen-bond donors (Lipinski definition) is 2. The predicted octanol–water partition coefficient (Wildman–Crippen LogP) is 1.85. The van der Waals surface area contributed by atoms with E-state index in [2.05, 4.69) is 4.98 Å². The minimum Gasteiger partial charge on any atom is -0.444 e. The lowest BCUT2D eigenvalue weighted by atomic mass is 10.2. The summed E-state index contributed by atoms with van der Waals surface area (Å²) >= 11 is 0. The first-order chi connectivity index (χ1) is 14.0. The highest BCUT2D eigenvalue weighted by Gasteiger charge is 2.34. The summed E-state index contributed by atoms with van der Waals surface area (Å²) in [6.07, 6.45) is -0.176. The lowest BCUT2D eigenvalue weighted by molar-refractivity contribution is 0.0166. The average Bonchev–Trinajstić information content (AvgIpc) is 3.12. The van der Waals surface area contributed by atoms with E-state index in [9.17, 15) is 28.4 Å². The van der Waals surface area contributed by atoms with Gasteiger partial charge in [0.25, 0.3) is 5.56 Å². The van der Waals surface area contributed by atoms with Crippen molar-refractivity contribution in [3.63, 3.8) is 0 Å². The number of alkyl halides is 1. The number of nitrogens with one attached hydrogen (secondary N) is 1. The zero-order chi connectivity index (χ0) is 22.2. The molecule has 164 valence electrons. The van der Waals surface area contributed by atoms with Gasteiger partial charge in [0.05, 0.1) is 29.2 Å². The monoisotopic (exact) mass is 426 g/mol. The van der Waals surface area contributed by atoms with Crippen LogP contribution in [-0.4, -0.2) is 63.9 Å². The second-order valence-electron chi connectivity index (χ2n) is 8.15. The molecule has 2 aromatic rings. The third-order valence-corrected chi connectivity index (χ3v) is 4.84. The van der Waals surface area contributed by atoms with Gasteiger partial charge in [-0.25, -0.2) is 18.4 Å². The van der Waals surface area contributed by atoms with Crippen LogP contribution in [0.2, 0.25) is 0 Å².